The van der Waals surface area contributed by atoms with Gasteiger partial charge in [-0.15, -0.1) is 0 Å². The van der Waals surface area contributed by atoms with Crippen LogP contribution in [0.3, 0.4) is 0 Å². The zero-order valence-corrected chi connectivity index (χ0v) is 8.25. The van der Waals surface area contributed by atoms with E-state index in [2.05, 4.69) is 17.1 Å². The molecule has 0 aliphatic carbocycles. The minimum atomic E-state index is 0.283. The Labute approximate surface area is 79.5 Å². The average molecular weight is 182 g/mol. The van der Waals surface area contributed by atoms with Crippen molar-refractivity contribution in [2.45, 2.75) is 19.8 Å². The molecule has 74 valence electrons. The highest BCUT2D eigenvalue weighted by Crippen LogP contribution is 2.18. The number of rotatable bonds is 1. The number of amides is 1. The van der Waals surface area contributed by atoms with E-state index in [9.17, 15) is 4.79 Å². The highest BCUT2D eigenvalue weighted by molar-refractivity contribution is 5.80. The fraction of sp³-hybridized carbons (Fsp3) is 0.900. The van der Waals surface area contributed by atoms with Gasteiger partial charge in [-0.25, -0.2) is 0 Å². The maximum absolute atomic E-state index is 11.8. The van der Waals surface area contributed by atoms with Gasteiger partial charge >= 0.3 is 0 Å². The molecule has 2 rings (SSSR count). The van der Waals surface area contributed by atoms with Crippen LogP contribution >= 0.6 is 0 Å². The molecule has 3 nitrogen and oxygen atoms in total. The molecule has 2 saturated heterocycles. The third-order valence-electron chi connectivity index (χ3n) is 3.10. The molecule has 1 amide bonds. The lowest BCUT2D eigenvalue weighted by Crippen LogP contribution is -2.53. The Balaban J connectivity index is 1.87. The Morgan fingerprint density at radius 3 is 2.77 bits per heavy atom. The summed E-state index contributed by atoms with van der Waals surface area (Å²) in [6, 6.07) is 0. The Bertz CT molecular complexity index is 201. The van der Waals surface area contributed by atoms with Crippen molar-refractivity contribution in [3.63, 3.8) is 0 Å². The number of hydrogen-bond acceptors (Lipinski definition) is 2. The lowest BCUT2D eigenvalue weighted by Gasteiger charge is -2.36. The predicted octanol–water partition coefficient (Wildman–Crippen LogP) is 0.464. The second-order valence-electron chi connectivity index (χ2n) is 4.39. The van der Waals surface area contributed by atoms with Crippen LogP contribution in [0.5, 0.6) is 0 Å². The van der Waals surface area contributed by atoms with Crippen LogP contribution in [0.25, 0.3) is 0 Å². The number of nitrogens with one attached hydrogen (secondary N) is 1. The van der Waals surface area contributed by atoms with E-state index >= 15 is 0 Å². The summed E-state index contributed by atoms with van der Waals surface area (Å²) in [4.78, 5) is 13.9. The first-order chi connectivity index (χ1) is 6.27. The molecule has 2 aliphatic heterocycles. The molecule has 2 heterocycles. The molecule has 2 fully saturated rings. The van der Waals surface area contributed by atoms with E-state index in [0.29, 0.717) is 11.8 Å². The van der Waals surface area contributed by atoms with Gasteiger partial charge in [0.1, 0.15) is 0 Å². The summed E-state index contributed by atoms with van der Waals surface area (Å²) >= 11 is 0. The van der Waals surface area contributed by atoms with Gasteiger partial charge in [0.05, 0.1) is 5.92 Å². The summed E-state index contributed by atoms with van der Waals surface area (Å²) in [6.45, 7) is 5.99. The van der Waals surface area contributed by atoms with Gasteiger partial charge in [-0.05, 0) is 18.8 Å². The quantitative estimate of drug-likeness (QED) is 0.639. The summed E-state index contributed by atoms with van der Waals surface area (Å²) in [7, 11) is 0. The largest absolute Gasteiger partial charge is 0.342 e. The molecule has 0 spiro atoms. The summed E-state index contributed by atoms with van der Waals surface area (Å²) < 4.78 is 0. The first kappa shape index (κ1) is 9.00. The van der Waals surface area contributed by atoms with E-state index in [1.807, 2.05) is 0 Å². The molecule has 1 N–H and O–H groups in total. The van der Waals surface area contributed by atoms with Crippen molar-refractivity contribution in [2.75, 3.05) is 26.2 Å². The second kappa shape index (κ2) is 3.66. The topological polar surface area (TPSA) is 32.3 Å². The molecule has 1 unspecified atom stereocenters. The number of piperidine rings is 1. The van der Waals surface area contributed by atoms with E-state index in [0.717, 1.165) is 26.2 Å². The SMILES string of the molecule is CC1CCCN(C(=O)C2CNC2)C1. The van der Waals surface area contributed by atoms with Gasteiger partial charge in [0, 0.05) is 26.2 Å². The van der Waals surface area contributed by atoms with Crippen molar-refractivity contribution in [1.29, 1.82) is 0 Å². The standard InChI is InChI=1S/C10H18N2O/c1-8-3-2-4-12(7-8)10(13)9-5-11-6-9/h8-9,11H,2-7H2,1H3. The molecule has 0 saturated carbocycles. The van der Waals surface area contributed by atoms with Crippen LogP contribution in [0.2, 0.25) is 0 Å². The number of carbonyl (C=O) groups is 1. The monoisotopic (exact) mass is 182 g/mol. The fourth-order valence-corrected chi connectivity index (χ4v) is 2.11. The molecule has 1 atom stereocenters. The van der Waals surface area contributed by atoms with Crippen LogP contribution in [0.1, 0.15) is 19.8 Å². The third-order valence-corrected chi connectivity index (χ3v) is 3.10. The number of carbonyl (C=O) groups excluding carboxylic acids is 1. The molecule has 0 bridgehead atoms. The molecule has 0 aromatic carbocycles. The third kappa shape index (κ3) is 1.85. The first-order valence-electron chi connectivity index (χ1n) is 5.27. The van der Waals surface area contributed by atoms with Gasteiger partial charge in [0.15, 0.2) is 0 Å². The second-order valence-corrected chi connectivity index (χ2v) is 4.39. The zero-order chi connectivity index (χ0) is 9.26. The number of likely N-dealkylation sites (tertiary alicyclic amines) is 1. The normalized spacial score (nSPS) is 29.9. The highest BCUT2D eigenvalue weighted by atomic mass is 16.2. The molecule has 13 heavy (non-hydrogen) atoms. The predicted molar refractivity (Wildman–Crippen MR) is 51.3 cm³/mol. The summed E-state index contributed by atoms with van der Waals surface area (Å²) in [5.41, 5.74) is 0. The van der Waals surface area contributed by atoms with Gasteiger partial charge in [0.25, 0.3) is 0 Å². The molecule has 3 heteroatoms. The van der Waals surface area contributed by atoms with Crippen molar-refractivity contribution in [2.24, 2.45) is 11.8 Å². The minimum Gasteiger partial charge on any atom is -0.342 e. The van der Waals surface area contributed by atoms with Crippen LogP contribution in [-0.2, 0) is 4.79 Å². The van der Waals surface area contributed by atoms with Gasteiger partial charge in [-0.2, -0.15) is 0 Å². The molecule has 0 aromatic rings. The Morgan fingerprint density at radius 2 is 2.23 bits per heavy atom. The Morgan fingerprint density at radius 1 is 1.46 bits per heavy atom. The Hall–Kier alpha value is -0.570. The molecule has 0 aromatic heterocycles. The first-order valence-corrected chi connectivity index (χ1v) is 5.27. The average Bonchev–Trinajstić information content (AvgIpc) is 2.01. The smallest absolute Gasteiger partial charge is 0.228 e. The van der Waals surface area contributed by atoms with Crippen molar-refractivity contribution in [3.8, 4) is 0 Å². The highest BCUT2D eigenvalue weighted by Gasteiger charge is 2.30. The summed E-state index contributed by atoms with van der Waals surface area (Å²) in [6.07, 6.45) is 2.47. The lowest BCUT2D eigenvalue weighted by molar-refractivity contribution is -0.138. The number of nitrogens with zero attached hydrogens (tertiary/aromatic N) is 1. The van der Waals surface area contributed by atoms with Crippen molar-refractivity contribution < 1.29 is 4.79 Å². The van der Waals surface area contributed by atoms with Gasteiger partial charge in [0.2, 0.25) is 5.91 Å². The van der Waals surface area contributed by atoms with Crippen LogP contribution in [-0.4, -0.2) is 37.0 Å². The van der Waals surface area contributed by atoms with Crippen LogP contribution in [0, 0.1) is 11.8 Å². The van der Waals surface area contributed by atoms with Crippen LogP contribution < -0.4 is 5.32 Å². The molecular formula is C10H18N2O. The minimum absolute atomic E-state index is 0.283. The van der Waals surface area contributed by atoms with E-state index < -0.39 is 0 Å². The number of hydrogen-bond donors (Lipinski definition) is 1. The van der Waals surface area contributed by atoms with E-state index in [4.69, 9.17) is 0 Å². The maximum Gasteiger partial charge on any atom is 0.228 e. The van der Waals surface area contributed by atoms with Crippen LogP contribution in [0.4, 0.5) is 0 Å². The Kier molecular flexibility index (Phi) is 2.54. The molecular weight excluding hydrogens is 164 g/mol. The van der Waals surface area contributed by atoms with Gasteiger partial charge in [-0.3, -0.25) is 4.79 Å². The summed E-state index contributed by atoms with van der Waals surface area (Å²) in [5.74, 6) is 1.36. The van der Waals surface area contributed by atoms with Gasteiger partial charge in [-0.1, -0.05) is 6.92 Å². The fourth-order valence-electron chi connectivity index (χ4n) is 2.11. The summed E-state index contributed by atoms with van der Waals surface area (Å²) in [5, 5.41) is 3.14. The van der Waals surface area contributed by atoms with E-state index in [1.165, 1.54) is 12.8 Å². The van der Waals surface area contributed by atoms with Crippen molar-refractivity contribution in [1.82, 2.24) is 10.2 Å². The molecule has 2 aliphatic rings. The van der Waals surface area contributed by atoms with E-state index in [1.54, 1.807) is 0 Å². The van der Waals surface area contributed by atoms with Crippen molar-refractivity contribution in [3.05, 3.63) is 0 Å². The van der Waals surface area contributed by atoms with Gasteiger partial charge < -0.3 is 10.2 Å². The zero-order valence-electron chi connectivity index (χ0n) is 8.25. The van der Waals surface area contributed by atoms with Crippen molar-refractivity contribution >= 4 is 5.91 Å². The lowest BCUT2D eigenvalue weighted by atomic mass is 9.96. The van der Waals surface area contributed by atoms with E-state index in [-0.39, 0.29) is 5.92 Å². The maximum atomic E-state index is 11.8. The molecule has 0 radical (unpaired) electrons. The van der Waals surface area contributed by atoms with Crippen LogP contribution in [0.15, 0.2) is 0 Å².